The second-order valence-corrected chi connectivity index (χ2v) is 5.27. The number of nitrogens with one attached hydrogen (secondary N) is 1. The molecule has 1 amide bonds. The third-order valence-electron chi connectivity index (χ3n) is 2.63. The number of nitrogens with zero attached hydrogens (tertiary/aromatic N) is 2. The van der Waals surface area contributed by atoms with Crippen molar-refractivity contribution in [3.63, 3.8) is 0 Å². The van der Waals surface area contributed by atoms with Crippen LogP contribution in [0.25, 0.3) is 6.08 Å². The molecule has 1 aromatic rings. The zero-order valence-electron chi connectivity index (χ0n) is 11.2. The van der Waals surface area contributed by atoms with Crippen molar-refractivity contribution >= 4 is 40.6 Å². The Balaban J connectivity index is 2.07. The number of non-ortho nitro benzene ring substituents is 1. The average molecular weight is 321 g/mol. The molecule has 0 bridgehead atoms. The zero-order valence-corrected chi connectivity index (χ0v) is 12.0. The van der Waals surface area contributed by atoms with Crippen molar-refractivity contribution in [1.82, 2.24) is 5.32 Å². The van der Waals surface area contributed by atoms with Gasteiger partial charge in [-0.05, 0) is 35.5 Å². The minimum Gasteiger partial charge on any atom is -0.481 e. The van der Waals surface area contributed by atoms with Gasteiger partial charge < -0.3 is 10.4 Å². The lowest BCUT2D eigenvalue weighted by atomic mass is 10.2. The fraction of sp³-hybridized carbons (Fsp3) is 0.154. The molecule has 1 heterocycles. The largest absolute Gasteiger partial charge is 0.481 e. The van der Waals surface area contributed by atoms with Crippen LogP contribution in [0.2, 0.25) is 0 Å². The van der Waals surface area contributed by atoms with Gasteiger partial charge >= 0.3 is 5.97 Å². The molecule has 1 saturated heterocycles. The summed E-state index contributed by atoms with van der Waals surface area (Å²) in [5.41, 5.74) is 0.622. The Hall–Kier alpha value is -2.68. The molecule has 1 fully saturated rings. The fourth-order valence-corrected chi connectivity index (χ4v) is 2.44. The summed E-state index contributed by atoms with van der Waals surface area (Å²) in [5, 5.41) is 22.0. The van der Waals surface area contributed by atoms with E-state index in [9.17, 15) is 19.7 Å². The Morgan fingerprint density at radius 3 is 2.68 bits per heavy atom. The molecule has 2 N–H and O–H groups in total. The van der Waals surface area contributed by atoms with Gasteiger partial charge in [0.05, 0.1) is 22.8 Å². The van der Waals surface area contributed by atoms with Gasteiger partial charge in [0.1, 0.15) is 0 Å². The van der Waals surface area contributed by atoms with Gasteiger partial charge in [0, 0.05) is 12.1 Å². The highest BCUT2D eigenvalue weighted by Gasteiger charge is 2.23. The Labute approximate surface area is 129 Å². The highest BCUT2D eigenvalue weighted by molar-refractivity contribution is 8.18. The van der Waals surface area contributed by atoms with Crippen molar-refractivity contribution in [2.75, 3.05) is 6.54 Å². The van der Waals surface area contributed by atoms with Crippen molar-refractivity contribution < 1.29 is 19.6 Å². The molecular formula is C13H11N3O5S. The van der Waals surface area contributed by atoms with Crippen molar-refractivity contribution in [2.24, 2.45) is 4.99 Å². The molecule has 1 aliphatic rings. The van der Waals surface area contributed by atoms with E-state index in [1.54, 1.807) is 18.2 Å². The quantitative estimate of drug-likeness (QED) is 0.483. The molecular weight excluding hydrogens is 310 g/mol. The number of nitro benzene ring substituents is 1. The average Bonchev–Trinajstić information content (AvgIpc) is 2.79. The van der Waals surface area contributed by atoms with Crippen LogP contribution in [-0.4, -0.2) is 33.6 Å². The van der Waals surface area contributed by atoms with E-state index < -0.39 is 10.9 Å². The first-order valence-electron chi connectivity index (χ1n) is 6.17. The minimum atomic E-state index is -0.958. The maximum absolute atomic E-state index is 11.8. The summed E-state index contributed by atoms with van der Waals surface area (Å²) in [6.45, 7) is 0.0861. The van der Waals surface area contributed by atoms with Crippen LogP contribution < -0.4 is 5.32 Å². The van der Waals surface area contributed by atoms with Gasteiger partial charge in [-0.25, -0.2) is 0 Å². The van der Waals surface area contributed by atoms with Gasteiger partial charge in [0.25, 0.3) is 11.6 Å². The van der Waals surface area contributed by atoms with E-state index in [4.69, 9.17) is 5.11 Å². The Kier molecular flexibility index (Phi) is 4.89. The number of benzene rings is 1. The number of hydrogen-bond donors (Lipinski definition) is 2. The van der Waals surface area contributed by atoms with Crippen LogP contribution >= 0.6 is 11.8 Å². The van der Waals surface area contributed by atoms with E-state index in [0.717, 1.165) is 11.8 Å². The normalized spacial score (nSPS) is 17.7. The number of carboxylic acid groups (broad SMARTS) is 1. The lowest BCUT2D eigenvalue weighted by molar-refractivity contribution is -0.384. The number of rotatable bonds is 5. The SMILES string of the molecule is O=C(O)CCN=C1NC(=O)/C(=C/c2ccc([N+](=O)[O-])cc2)S1. The number of amidine groups is 1. The van der Waals surface area contributed by atoms with Crippen molar-refractivity contribution in [2.45, 2.75) is 6.42 Å². The van der Waals surface area contributed by atoms with Gasteiger partial charge in [0.15, 0.2) is 5.17 Å². The maximum atomic E-state index is 11.8. The van der Waals surface area contributed by atoms with Gasteiger partial charge in [-0.15, -0.1) is 0 Å². The number of carboxylic acids is 1. The predicted octanol–water partition coefficient (Wildman–Crippen LogP) is 1.63. The fourth-order valence-electron chi connectivity index (χ4n) is 1.60. The summed E-state index contributed by atoms with van der Waals surface area (Å²) in [6, 6.07) is 5.79. The Bertz CT molecular complexity index is 681. The summed E-state index contributed by atoms with van der Waals surface area (Å²) >= 11 is 1.10. The summed E-state index contributed by atoms with van der Waals surface area (Å²) in [7, 11) is 0. The van der Waals surface area contributed by atoms with Gasteiger partial charge in [-0.3, -0.25) is 24.7 Å². The molecule has 0 spiro atoms. The highest BCUT2D eigenvalue weighted by atomic mass is 32.2. The van der Waals surface area contributed by atoms with Crippen molar-refractivity contribution in [1.29, 1.82) is 0 Å². The summed E-state index contributed by atoms with van der Waals surface area (Å²) in [4.78, 5) is 36.6. The van der Waals surface area contributed by atoms with Gasteiger partial charge in [-0.1, -0.05) is 0 Å². The van der Waals surface area contributed by atoms with E-state index in [1.165, 1.54) is 12.1 Å². The molecule has 0 unspecified atom stereocenters. The molecule has 0 radical (unpaired) electrons. The molecule has 0 atom stereocenters. The Morgan fingerprint density at radius 2 is 2.09 bits per heavy atom. The third kappa shape index (κ3) is 4.16. The van der Waals surface area contributed by atoms with Crippen molar-refractivity contribution in [3.05, 3.63) is 44.8 Å². The van der Waals surface area contributed by atoms with E-state index in [1.807, 2.05) is 0 Å². The second kappa shape index (κ2) is 6.85. The zero-order chi connectivity index (χ0) is 16.1. The van der Waals surface area contributed by atoms with E-state index in [-0.39, 0.29) is 24.6 Å². The van der Waals surface area contributed by atoms with Crippen LogP contribution in [0.3, 0.4) is 0 Å². The first-order valence-corrected chi connectivity index (χ1v) is 6.99. The van der Waals surface area contributed by atoms with Crippen molar-refractivity contribution in [3.8, 4) is 0 Å². The van der Waals surface area contributed by atoms with Crippen LogP contribution in [0.4, 0.5) is 5.69 Å². The Morgan fingerprint density at radius 1 is 1.41 bits per heavy atom. The van der Waals surface area contributed by atoms with E-state index in [0.29, 0.717) is 15.6 Å². The second-order valence-electron chi connectivity index (χ2n) is 4.24. The molecule has 0 saturated carbocycles. The number of amides is 1. The first kappa shape index (κ1) is 15.7. The number of thioether (sulfide) groups is 1. The van der Waals surface area contributed by atoms with Crippen LogP contribution in [-0.2, 0) is 9.59 Å². The number of carbonyl (C=O) groups excluding carboxylic acids is 1. The van der Waals surface area contributed by atoms with Crippen LogP contribution in [0.1, 0.15) is 12.0 Å². The molecule has 9 heteroatoms. The van der Waals surface area contributed by atoms with E-state index in [2.05, 4.69) is 10.3 Å². The van der Waals surface area contributed by atoms with Crippen LogP contribution in [0.15, 0.2) is 34.2 Å². The van der Waals surface area contributed by atoms with Gasteiger partial charge in [-0.2, -0.15) is 0 Å². The molecule has 1 aliphatic heterocycles. The first-order chi connectivity index (χ1) is 10.5. The number of aliphatic imine (C=N–C) groups is 1. The molecule has 2 rings (SSSR count). The molecule has 0 aliphatic carbocycles. The molecule has 8 nitrogen and oxygen atoms in total. The maximum Gasteiger partial charge on any atom is 0.305 e. The summed E-state index contributed by atoms with van der Waals surface area (Å²) in [5.74, 6) is -1.29. The third-order valence-corrected chi connectivity index (χ3v) is 3.58. The molecule has 0 aromatic heterocycles. The predicted molar refractivity (Wildman–Crippen MR) is 81.4 cm³/mol. The molecule has 1 aromatic carbocycles. The number of hydrogen-bond acceptors (Lipinski definition) is 6. The number of nitro groups is 1. The minimum absolute atomic E-state index is 0.0263. The monoisotopic (exact) mass is 321 g/mol. The standard InChI is InChI=1S/C13H11N3O5S/c17-11(18)5-6-14-13-15-12(19)10(22-13)7-8-1-3-9(4-2-8)16(20)21/h1-4,7H,5-6H2,(H,17,18)(H,14,15,19)/b10-7-. The summed E-state index contributed by atoms with van der Waals surface area (Å²) in [6.07, 6.45) is 1.48. The highest BCUT2D eigenvalue weighted by Crippen LogP contribution is 2.26. The smallest absolute Gasteiger partial charge is 0.305 e. The number of aliphatic carboxylic acids is 1. The van der Waals surface area contributed by atoms with Crippen LogP contribution in [0, 0.1) is 10.1 Å². The topological polar surface area (TPSA) is 122 Å². The molecule has 114 valence electrons. The van der Waals surface area contributed by atoms with Gasteiger partial charge in [0.2, 0.25) is 0 Å². The van der Waals surface area contributed by atoms with E-state index >= 15 is 0 Å². The lowest BCUT2D eigenvalue weighted by Gasteiger charge is -1.95. The summed E-state index contributed by atoms with van der Waals surface area (Å²) < 4.78 is 0. The number of carbonyl (C=O) groups is 2. The van der Waals surface area contributed by atoms with Crippen LogP contribution in [0.5, 0.6) is 0 Å². The molecule has 22 heavy (non-hydrogen) atoms. The lowest BCUT2D eigenvalue weighted by Crippen LogP contribution is -2.20.